The van der Waals surface area contributed by atoms with Crippen LogP contribution < -0.4 is 10.1 Å². The number of aromatic nitrogens is 2. The fraction of sp³-hybridized carbons (Fsp3) is 0.111. The van der Waals surface area contributed by atoms with E-state index in [-0.39, 0.29) is 17.1 Å². The molecule has 0 fully saturated rings. The maximum atomic E-state index is 13.2. The summed E-state index contributed by atoms with van der Waals surface area (Å²) < 4.78 is 44.3. The van der Waals surface area contributed by atoms with E-state index in [0.717, 1.165) is 0 Å². The highest BCUT2D eigenvalue weighted by molar-refractivity contribution is 7.98. The van der Waals surface area contributed by atoms with Crippen LogP contribution in [0.1, 0.15) is 10.5 Å². The van der Waals surface area contributed by atoms with Crippen LogP contribution in [0.3, 0.4) is 0 Å². The first-order valence-corrected chi connectivity index (χ1v) is 8.95. The van der Waals surface area contributed by atoms with E-state index >= 15 is 0 Å². The van der Waals surface area contributed by atoms with E-state index in [2.05, 4.69) is 15.0 Å². The topological polar surface area (TPSA) is 56.1 Å². The number of carbonyl (C=O) groups is 1. The van der Waals surface area contributed by atoms with Crippen LogP contribution in [0.5, 0.6) is 5.75 Å². The van der Waals surface area contributed by atoms with Gasteiger partial charge in [0.1, 0.15) is 17.3 Å². The number of nitrogens with one attached hydrogen (secondary N) is 1. The molecule has 1 heterocycles. The maximum absolute atomic E-state index is 13.2. The van der Waals surface area contributed by atoms with Gasteiger partial charge in [0.2, 0.25) is 0 Å². The van der Waals surface area contributed by atoms with E-state index < -0.39 is 18.3 Å². The van der Waals surface area contributed by atoms with Gasteiger partial charge in [-0.05, 0) is 42.7 Å². The van der Waals surface area contributed by atoms with Crippen molar-refractivity contribution in [1.29, 1.82) is 0 Å². The van der Waals surface area contributed by atoms with Crippen molar-refractivity contribution in [2.24, 2.45) is 0 Å². The quantitative estimate of drug-likeness (QED) is 0.623. The summed E-state index contributed by atoms with van der Waals surface area (Å²) in [6.07, 6.45) is 3.15. The largest absolute Gasteiger partial charge is 0.433 e. The minimum Gasteiger partial charge on any atom is -0.433 e. The number of alkyl halides is 2. The lowest BCUT2D eigenvalue weighted by atomic mass is 10.2. The molecule has 0 unspecified atom stereocenters. The van der Waals surface area contributed by atoms with Gasteiger partial charge >= 0.3 is 6.61 Å². The zero-order chi connectivity index (χ0) is 19.4. The predicted octanol–water partition coefficient (Wildman–Crippen LogP) is 4.59. The molecule has 1 N–H and O–H groups in total. The van der Waals surface area contributed by atoms with Crippen molar-refractivity contribution in [2.75, 3.05) is 11.6 Å². The molecule has 3 rings (SSSR count). The lowest BCUT2D eigenvalue weighted by Gasteiger charge is -2.13. The summed E-state index contributed by atoms with van der Waals surface area (Å²) in [6, 6.07) is 11.4. The number of amides is 1. The highest BCUT2D eigenvalue weighted by Crippen LogP contribution is 2.27. The van der Waals surface area contributed by atoms with Crippen molar-refractivity contribution in [1.82, 2.24) is 9.55 Å². The maximum Gasteiger partial charge on any atom is 0.387 e. The Morgan fingerprint density at radius 2 is 1.89 bits per heavy atom. The molecule has 0 atom stereocenters. The third-order valence-electron chi connectivity index (χ3n) is 3.58. The number of hydrogen-bond donors (Lipinski definition) is 1. The molecular weight excluding hydrogens is 379 g/mol. The van der Waals surface area contributed by atoms with Crippen LogP contribution in [0, 0.1) is 5.82 Å². The van der Waals surface area contributed by atoms with Crippen LogP contribution in [-0.4, -0.2) is 28.3 Å². The Bertz CT molecular complexity index is 945. The van der Waals surface area contributed by atoms with E-state index in [1.807, 2.05) is 0 Å². The first-order chi connectivity index (χ1) is 13.0. The van der Waals surface area contributed by atoms with Crippen LogP contribution in [0.15, 0.2) is 59.9 Å². The number of ether oxygens (including phenoxy) is 1. The summed E-state index contributed by atoms with van der Waals surface area (Å²) in [6.45, 7) is -3.02. The molecule has 0 radical (unpaired) electrons. The number of halogens is 3. The fourth-order valence-electron chi connectivity index (χ4n) is 2.43. The average molecular weight is 393 g/mol. The highest BCUT2D eigenvalue weighted by Gasteiger charge is 2.19. The van der Waals surface area contributed by atoms with E-state index in [4.69, 9.17) is 0 Å². The molecular formula is C18H14F3N3O2S. The van der Waals surface area contributed by atoms with Gasteiger partial charge in [-0.25, -0.2) is 9.37 Å². The SMILES string of the molecule is CSc1ncc(C(=O)Nc2ccccc2OC(F)F)n1-c1ccc(F)cc1. The number of rotatable bonds is 6. The first kappa shape index (κ1) is 18.8. The number of anilines is 1. The number of nitrogens with zero attached hydrogens (tertiary/aromatic N) is 2. The molecule has 27 heavy (non-hydrogen) atoms. The van der Waals surface area contributed by atoms with Crippen molar-refractivity contribution in [3.05, 3.63) is 66.2 Å². The third-order valence-corrected chi connectivity index (χ3v) is 4.23. The Balaban J connectivity index is 1.95. The molecule has 5 nitrogen and oxygen atoms in total. The second-order valence-electron chi connectivity index (χ2n) is 5.27. The highest BCUT2D eigenvalue weighted by atomic mass is 32.2. The monoisotopic (exact) mass is 393 g/mol. The zero-order valence-electron chi connectivity index (χ0n) is 14.0. The smallest absolute Gasteiger partial charge is 0.387 e. The summed E-state index contributed by atoms with van der Waals surface area (Å²) in [5.41, 5.74) is 0.804. The van der Waals surface area contributed by atoms with Crippen LogP contribution >= 0.6 is 11.8 Å². The molecule has 0 aliphatic heterocycles. The summed E-state index contributed by atoms with van der Waals surface area (Å²) in [7, 11) is 0. The van der Waals surface area contributed by atoms with E-state index in [0.29, 0.717) is 10.8 Å². The molecule has 0 aliphatic carbocycles. The molecule has 0 aliphatic rings. The van der Waals surface area contributed by atoms with E-state index in [1.165, 1.54) is 60.4 Å². The van der Waals surface area contributed by atoms with Crippen molar-refractivity contribution < 1.29 is 22.7 Å². The Labute approximate surface area is 157 Å². The molecule has 3 aromatic rings. The van der Waals surface area contributed by atoms with Gasteiger partial charge in [-0.1, -0.05) is 23.9 Å². The zero-order valence-corrected chi connectivity index (χ0v) is 14.8. The minimum atomic E-state index is -3.02. The van der Waals surface area contributed by atoms with Crippen molar-refractivity contribution >= 4 is 23.4 Å². The van der Waals surface area contributed by atoms with Crippen LogP contribution in [0.25, 0.3) is 5.69 Å². The second-order valence-corrected chi connectivity index (χ2v) is 6.04. The van der Waals surface area contributed by atoms with Crippen molar-refractivity contribution in [2.45, 2.75) is 11.8 Å². The summed E-state index contributed by atoms with van der Waals surface area (Å²) >= 11 is 1.30. The minimum absolute atomic E-state index is 0.0976. The van der Waals surface area contributed by atoms with Gasteiger partial charge in [-0.15, -0.1) is 0 Å². The number of imidazole rings is 1. The summed E-state index contributed by atoms with van der Waals surface area (Å²) in [4.78, 5) is 16.9. The van der Waals surface area contributed by atoms with Gasteiger partial charge in [0, 0.05) is 5.69 Å². The van der Waals surface area contributed by atoms with Gasteiger partial charge in [-0.3, -0.25) is 9.36 Å². The lowest BCUT2D eigenvalue weighted by Crippen LogP contribution is -2.17. The number of benzene rings is 2. The Hall–Kier alpha value is -2.94. The van der Waals surface area contributed by atoms with Gasteiger partial charge in [-0.2, -0.15) is 8.78 Å². The Morgan fingerprint density at radius 3 is 2.56 bits per heavy atom. The van der Waals surface area contributed by atoms with Crippen molar-refractivity contribution in [3.8, 4) is 11.4 Å². The molecule has 0 saturated heterocycles. The van der Waals surface area contributed by atoms with Gasteiger partial charge in [0.15, 0.2) is 5.16 Å². The molecule has 0 spiro atoms. The van der Waals surface area contributed by atoms with Crippen molar-refractivity contribution in [3.63, 3.8) is 0 Å². The molecule has 1 amide bonds. The molecule has 1 aromatic heterocycles. The summed E-state index contributed by atoms with van der Waals surface area (Å²) in [5.74, 6) is -1.13. The molecule has 140 valence electrons. The third kappa shape index (κ3) is 4.25. The number of carbonyl (C=O) groups excluding carboxylic acids is 1. The van der Waals surface area contributed by atoms with Gasteiger partial charge in [0.05, 0.1) is 11.9 Å². The molecule has 9 heteroatoms. The number of hydrogen-bond acceptors (Lipinski definition) is 4. The number of thioether (sulfide) groups is 1. The van der Waals surface area contributed by atoms with E-state index in [9.17, 15) is 18.0 Å². The van der Waals surface area contributed by atoms with Gasteiger partial charge in [0.25, 0.3) is 5.91 Å². The lowest BCUT2D eigenvalue weighted by molar-refractivity contribution is -0.0493. The second kappa shape index (κ2) is 8.17. The van der Waals surface area contributed by atoms with Crippen LogP contribution in [0.4, 0.5) is 18.9 Å². The molecule has 2 aromatic carbocycles. The van der Waals surface area contributed by atoms with Crippen LogP contribution in [-0.2, 0) is 0 Å². The normalized spacial score (nSPS) is 10.9. The van der Waals surface area contributed by atoms with Gasteiger partial charge < -0.3 is 10.1 Å². The average Bonchev–Trinajstić information content (AvgIpc) is 3.08. The molecule has 0 bridgehead atoms. The Morgan fingerprint density at radius 1 is 1.19 bits per heavy atom. The van der Waals surface area contributed by atoms with Crippen LogP contribution in [0.2, 0.25) is 0 Å². The fourth-order valence-corrected chi connectivity index (χ4v) is 2.98. The standard InChI is InChI=1S/C18H14F3N3O2S/c1-27-18-22-10-14(24(18)12-8-6-11(19)7-9-12)16(25)23-13-4-2-3-5-15(13)26-17(20)21/h2-10,17H,1H3,(H,23,25). The van der Waals surface area contributed by atoms with E-state index in [1.54, 1.807) is 16.9 Å². The molecule has 0 saturated carbocycles. The predicted molar refractivity (Wildman–Crippen MR) is 96.3 cm³/mol. The summed E-state index contributed by atoms with van der Waals surface area (Å²) in [5, 5.41) is 3.07. The Kier molecular flexibility index (Phi) is 5.70. The number of para-hydroxylation sites is 2. The first-order valence-electron chi connectivity index (χ1n) is 7.72.